The molecule has 2 aromatic heterocycles. The molecule has 3 rings (SSSR count). The zero-order chi connectivity index (χ0) is 26.0. The molecule has 0 N–H and O–H groups in total. The molecule has 1 amide bonds. The Kier molecular flexibility index (Phi) is 9.73. The van der Waals surface area contributed by atoms with Crippen LogP contribution in [0.3, 0.4) is 0 Å². The minimum Gasteiger partial charge on any atom is -0.493 e. The molecule has 1 aromatic carbocycles. The van der Waals surface area contributed by atoms with Gasteiger partial charge in [-0.2, -0.15) is 0 Å². The van der Waals surface area contributed by atoms with Crippen LogP contribution in [0.5, 0.6) is 5.75 Å². The van der Waals surface area contributed by atoms with Crippen LogP contribution in [0, 0.1) is 0 Å². The number of ether oxygens (including phenoxy) is 2. The Morgan fingerprint density at radius 2 is 1.86 bits per heavy atom. The summed E-state index contributed by atoms with van der Waals surface area (Å²) in [4.78, 5) is 30.9. The van der Waals surface area contributed by atoms with Crippen molar-refractivity contribution in [3.05, 3.63) is 72.1 Å². The maximum Gasteiger partial charge on any atom is 0.305 e. The number of carbonyl (C=O) groups is 2. The van der Waals surface area contributed by atoms with Gasteiger partial charge in [0.05, 0.1) is 25.0 Å². The molecule has 0 bridgehead atoms. The van der Waals surface area contributed by atoms with Crippen molar-refractivity contribution in [2.24, 2.45) is 0 Å². The number of nitrogens with zero attached hydrogens (tertiary/aromatic N) is 2. The first kappa shape index (κ1) is 27.0. The zero-order valence-corrected chi connectivity index (χ0v) is 21.2. The summed E-state index contributed by atoms with van der Waals surface area (Å²) >= 11 is 0. The molecule has 0 unspecified atom stereocenters. The number of hydrogen-bond donors (Lipinski definition) is 0. The molecule has 2 heterocycles. The van der Waals surface area contributed by atoms with Gasteiger partial charge in [0.15, 0.2) is 5.76 Å². The summed E-state index contributed by atoms with van der Waals surface area (Å²) in [7, 11) is 6.41. The van der Waals surface area contributed by atoms with E-state index in [9.17, 15) is 9.59 Å². The van der Waals surface area contributed by atoms with E-state index in [0.29, 0.717) is 42.4 Å². The Morgan fingerprint density at radius 1 is 1.06 bits per heavy atom. The Hall–Kier alpha value is -3.55. The Bertz CT molecular complexity index is 1110. The maximum atomic E-state index is 13.4. The van der Waals surface area contributed by atoms with Crippen molar-refractivity contribution in [1.29, 1.82) is 0 Å². The minimum absolute atomic E-state index is 0.163. The van der Waals surface area contributed by atoms with Crippen LogP contribution in [0.15, 0.2) is 65.4 Å². The van der Waals surface area contributed by atoms with Gasteiger partial charge in [-0.05, 0) is 62.0 Å². The van der Waals surface area contributed by atoms with Crippen molar-refractivity contribution < 1.29 is 23.5 Å². The van der Waals surface area contributed by atoms with Crippen molar-refractivity contribution in [3.63, 3.8) is 0 Å². The average Bonchev–Trinajstić information content (AvgIpc) is 3.40. The molecule has 0 aliphatic rings. The number of rotatable bonds is 13. The van der Waals surface area contributed by atoms with Gasteiger partial charge in [0.25, 0.3) is 5.91 Å². The smallest absolute Gasteiger partial charge is 0.305 e. The third-order valence-corrected chi connectivity index (χ3v) is 5.61. The second kappa shape index (κ2) is 13.0. The Balaban J connectivity index is 1.63. The number of benzene rings is 1. The summed E-state index contributed by atoms with van der Waals surface area (Å²) in [6, 6.07) is 14.7. The number of para-hydroxylation sites is 1. The number of hydrogen-bond acceptors (Lipinski definition) is 6. The lowest BCUT2D eigenvalue weighted by Gasteiger charge is -2.37. The zero-order valence-electron chi connectivity index (χ0n) is 21.2. The maximum absolute atomic E-state index is 13.4. The van der Waals surface area contributed by atoms with E-state index in [0.717, 1.165) is 24.8 Å². The van der Waals surface area contributed by atoms with Crippen LogP contribution in [0.4, 0.5) is 0 Å². The molecular weight excluding hydrogens is 455 g/mol. The number of pyridine rings is 1. The average molecular weight is 488 g/mol. The van der Waals surface area contributed by atoms with Crippen molar-refractivity contribution in [3.8, 4) is 17.2 Å². The standard InChI is InChI=1S/C28H33BN2O5/c1-4-34-26(32)14-6-5-9-17-35-24-12-8-7-11-22(24)20-31(28(2,3)29)27(33)21-15-16-23(30-19-21)25-13-10-18-36-25/h7-8,10-13,15-16,18-19H,4-6,9,14,17,20H2,1-3H3. The summed E-state index contributed by atoms with van der Waals surface area (Å²) < 4.78 is 16.4. The van der Waals surface area contributed by atoms with Gasteiger partial charge in [-0.1, -0.05) is 32.0 Å². The lowest BCUT2D eigenvalue weighted by Crippen LogP contribution is -2.47. The molecule has 0 atom stereocenters. The number of carbonyl (C=O) groups excluding carboxylic acids is 2. The highest BCUT2D eigenvalue weighted by atomic mass is 16.5. The summed E-state index contributed by atoms with van der Waals surface area (Å²) in [6.07, 6.45) is 5.98. The predicted molar refractivity (Wildman–Crippen MR) is 139 cm³/mol. The van der Waals surface area contributed by atoms with Crippen molar-refractivity contribution >= 4 is 19.7 Å². The third kappa shape index (κ3) is 7.73. The summed E-state index contributed by atoms with van der Waals surface area (Å²) in [6.45, 7) is 6.59. The van der Waals surface area contributed by atoms with Gasteiger partial charge >= 0.3 is 5.97 Å². The van der Waals surface area contributed by atoms with E-state index >= 15 is 0 Å². The van der Waals surface area contributed by atoms with E-state index in [4.69, 9.17) is 21.7 Å². The Labute approximate surface area is 214 Å². The fourth-order valence-corrected chi connectivity index (χ4v) is 3.69. The van der Waals surface area contributed by atoms with Crippen LogP contribution in [0.1, 0.15) is 62.4 Å². The van der Waals surface area contributed by atoms with Crippen LogP contribution in [0.2, 0.25) is 0 Å². The highest BCUT2D eigenvalue weighted by Gasteiger charge is 2.28. The lowest BCUT2D eigenvalue weighted by atomic mass is 9.79. The molecule has 8 heteroatoms. The van der Waals surface area contributed by atoms with Crippen LogP contribution >= 0.6 is 0 Å². The van der Waals surface area contributed by atoms with Crippen molar-refractivity contribution in [2.75, 3.05) is 13.2 Å². The molecule has 7 nitrogen and oxygen atoms in total. The minimum atomic E-state index is -0.920. The monoisotopic (exact) mass is 488 g/mol. The number of aromatic nitrogens is 1. The summed E-state index contributed by atoms with van der Waals surface area (Å²) in [5.41, 5.74) is 1.02. The third-order valence-electron chi connectivity index (χ3n) is 5.61. The molecular formula is C28H33BN2O5. The van der Waals surface area contributed by atoms with Gasteiger partial charge in [-0.25, -0.2) is 0 Å². The largest absolute Gasteiger partial charge is 0.493 e. The van der Waals surface area contributed by atoms with Crippen molar-refractivity contribution in [1.82, 2.24) is 9.88 Å². The molecule has 0 spiro atoms. The SMILES string of the molecule is [B]C(C)(C)N(Cc1ccccc1OCCCCCC(=O)OCC)C(=O)c1ccc(-c2ccco2)nc1. The number of amides is 1. The highest BCUT2D eigenvalue weighted by molar-refractivity contribution is 6.16. The lowest BCUT2D eigenvalue weighted by molar-refractivity contribution is -0.143. The van der Waals surface area contributed by atoms with Gasteiger partial charge in [0.2, 0.25) is 0 Å². The van der Waals surface area contributed by atoms with Crippen LogP contribution < -0.4 is 4.74 Å². The fourth-order valence-electron chi connectivity index (χ4n) is 3.69. The van der Waals surface area contributed by atoms with Gasteiger partial charge < -0.3 is 18.8 Å². The molecule has 36 heavy (non-hydrogen) atoms. The normalized spacial score (nSPS) is 11.2. The predicted octanol–water partition coefficient (Wildman–Crippen LogP) is 5.39. The van der Waals surface area contributed by atoms with Crippen LogP contribution in [0.25, 0.3) is 11.5 Å². The quantitative estimate of drug-likeness (QED) is 0.182. The van der Waals surface area contributed by atoms with E-state index in [1.807, 2.05) is 30.3 Å². The van der Waals surface area contributed by atoms with E-state index < -0.39 is 5.44 Å². The van der Waals surface area contributed by atoms with E-state index in [1.165, 1.54) is 6.20 Å². The second-order valence-electron chi connectivity index (χ2n) is 9.03. The molecule has 0 saturated carbocycles. The molecule has 188 valence electrons. The fraction of sp³-hybridized carbons (Fsp3) is 0.393. The van der Waals surface area contributed by atoms with Crippen LogP contribution in [-0.4, -0.2) is 48.3 Å². The molecule has 0 aliphatic heterocycles. The molecule has 0 saturated heterocycles. The molecule has 3 aromatic rings. The first-order valence-electron chi connectivity index (χ1n) is 12.3. The first-order chi connectivity index (χ1) is 17.3. The van der Waals surface area contributed by atoms with Gasteiger partial charge in [-0.3, -0.25) is 14.6 Å². The molecule has 2 radical (unpaired) electrons. The van der Waals surface area contributed by atoms with E-state index in [-0.39, 0.29) is 18.4 Å². The number of esters is 1. The summed E-state index contributed by atoms with van der Waals surface area (Å²) in [5.74, 6) is 0.951. The molecule has 0 aliphatic carbocycles. The molecule has 0 fully saturated rings. The van der Waals surface area contributed by atoms with Gasteiger partial charge in [0, 0.05) is 24.7 Å². The van der Waals surface area contributed by atoms with E-state index in [2.05, 4.69) is 4.98 Å². The first-order valence-corrected chi connectivity index (χ1v) is 12.3. The van der Waals surface area contributed by atoms with E-state index in [1.54, 1.807) is 50.1 Å². The van der Waals surface area contributed by atoms with Gasteiger partial charge in [0.1, 0.15) is 19.3 Å². The van der Waals surface area contributed by atoms with Crippen LogP contribution in [-0.2, 0) is 16.1 Å². The summed E-state index contributed by atoms with van der Waals surface area (Å²) in [5, 5.41) is 0. The van der Waals surface area contributed by atoms with Crippen molar-refractivity contribution in [2.45, 2.75) is 58.4 Å². The number of furan rings is 1. The topological polar surface area (TPSA) is 81.9 Å². The van der Waals surface area contributed by atoms with Gasteiger partial charge in [-0.15, -0.1) is 0 Å². The highest BCUT2D eigenvalue weighted by Crippen LogP contribution is 2.26. The Morgan fingerprint density at radius 3 is 2.53 bits per heavy atom. The second-order valence-corrected chi connectivity index (χ2v) is 9.03. The number of unbranched alkanes of at least 4 members (excludes halogenated alkanes) is 2.